The van der Waals surface area contributed by atoms with Gasteiger partial charge in [0.25, 0.3) is 0 Å². The van der Waals surface area contributed by atoms with Gasteiger partial charge in [0.15, 0.2) is 0 Å². The molecule has 0 fully saturated rings. The van der Waals surface area contributed by atoms with Gasteiger partial charge in [0.05, 0.1) is 0 Å². The number of unbranched alkanes of at least 4 members (excludes halogenated alkanes) is 1. The van der Waals surface area contributed by atoms with Crippen molar-refractivity contribution >= 4 is 12.1 Å². The van der Waals surface area contributed by atoms with E-state index in [9.17, 15) is 14.0 Å². The standard InChI is InChI=1S/C21H22FNO3/c1-2-3-12-19(20(22)24)23-21(25)26-13-18-16-10-6-4-8-14(16)15-9-5-7-11-17(15)18/h4-11,18-19H,2-3,12-13H2,1H3,(H,23,25)/t19-/m0/s1. The van der Waals surface area contributed by atoms with Crippen molar-refractivity contribution in [3.05, 3.63) is 59.7 Å². The fourth-order valence-electron chi connectivity index (χ4n) is 3.43. The lowest BCUT2D eigenvalue weighted by molar-refractivity contribution is -0.131. The predicted molar refractivity (Wildman–Crippen MR) is 97.6 cm³/mol. The lowest BCUT2D eigenvalue weighted by Gasteiger charge is -2.17. The zero-order valence-electron chi connectivity index (χ0n) is 14.7. The minimum atomic E-state index is -1.54. The highest BCUT2D eigenvalue weighted by Gasteiger charge is 2.29. The molecule has 2 aromatic carbocycles. The summed E-state index contributed by atoms with van der Waals surface area (Å²) >= 11 is 0. The molecule has 5 heteroatoms. The summed E-state index contributed by atoms with van der Waals surface area (Å²) in [6, 6.07) is 13.4. The summed E-state index contributed by atoms with van der Waals surface area (Å²) in [6.07, 6.45) is 0.981. The van der Waals surface area contributed by atoms with Gasteiger partial charge in [-0.15, -0.1) is 0 Å². The average molecular weight is 355 g/mol. The first-order chi connectivity index (χ1) is 12.6. The second-order valence-electron chi connectivity index (χ2n) is 6.47. The van der Waals surface area contributed by atoms with Crippen molar-refractivity contribution < 1.29 is 18.7 Å². The van der Waals surface area contributed by atoms with Crippen LogP contribution < -0.4 is 5.32 Å². The van der Waals surface area contributed by atoms with Crippen LogP contribution in [0.3, 0.4) is 0 Å². The van der Waals surface area contributed by atoms with E-state index in [4.69, 9.17) is 4.74 Å². The lowest BCUT2D eigenvalue weighted by atomic mass is 9.98. The van der Waals surface area contributed by atoms with E-state index in [0.29, 0.717) is 6.42 Å². The first kappa shape index (κ1) is 18.1. The van der Waals surface area contributed by atoms with Gasteiger partial charge in [0, 0.05) is 5.92 Å². The summed E-state index contributed by atoms with van der Waals surface area (Å²) in [4.78, 5) is 23.1. The normalized spacial score (nSPS) is 13.6. The molecule has 26 heavy (non-hydrogen) atoms. The number of amides is 1. The molecule has 1 N–H and O–H groups in total. The first-order valence-electron chi connectivity index (χ1n) is 8.92. The molecule has 3 rings (SSSR count). The molecule has 0 aliphatic heterocycles. The van der Waals surface area contributed by atoms with Crippen LogP contribution in [-0.4, -0.2) is 24.8 Å². The molecule has 136 valence electrons. The van der Waals surface area contributed by atoms with Gasteiger partial charge in [-0.1, -0.05) is 68.3 Å². The Labute approximate surface area is 152 Å². The van der Waals surface area contributed by atoms with Gasteiger partial charge in [0.1, 0.15) is 12.6 Å². The molecule has 0 saturated heterocycles. The molecule has 0 saturated carbocycles. The largest absolute Gasteiger partial charge is 0.449 e. The summed E-state index contributed by atoms with van der Waals surface area (Å²) in [5.41, 5.74) is 4.48. The predicted octanol–water partition coefficient (Wildman–Crippen LogP) is 4.58. The minimum absolute atomic E-state index is 0.0664. The number of fused-ring (bicyclic) bond motifs is 3. The summed E-state index contributed by atoms with van der Waals surface area (Å²) in [5.74, 6) is -0.0664. The van der Waals surface area contributed by atoms with Crippen LogP contribution in [0.1, 0.15) is 43.2 Å². The molecule has 0 aromatic heterocycles. The number of nitrogens with one attached hydrogen (secondary N) is 1. The highest BCUT2D eigenvalue weighted by atomic mass is 19.1. The Kier molecular flexibility index (Phi) is 5.66. The third kappa shape index (κ3) is 3.77. The van der Waals surface area contributed by atoms with E-state index in [1.54, 1.807) is 0 Å². The van der Waals surface area contributed by atoms with Crippen LogP contribution in [0.5, 0.6) is 0 Å². The van der Waals surface area contributed by atoms with Crippen molar-refractivity contribution in [3.63, 3.8) is 0 Å². The zero-order chi connectivity index (χ0) is 18.5. The number of ether oxygens (including phenoxy) is 1. The second kappa shape index (κ2) is 8.13. The van der Waals surface area contributed by atoms with E-state index in [-0.39, 0.29) is 18.9 Å². The third-order valence-electron chi connectivity index (χ3n) is 4.76. The van der Waals surface area contributed by atoms with Gasteiger partial charge in [-0.3, -0.25) is 4.79 Å². The Bertz CT molecular complexity index is 760. The highest BCUT2D eigenvalue weighted by molar-refractivity contribution is 5.81. The van der Waals surface area contributed by atoms with E-state index < -0.39 is 18.2 Å². The van der Waals surface area contributed by atoms with Crippen LogP contribution in [0.15, 0.2) is 48.5 Å². The highest BCUT2D eigenvalue weighted by Crippen LogP contribution is 2.44. The van der Waals surface area contributed by atoms with E-state index in [1.165, 1.54) is 0 Å². The third-order valence-corrected chi connectivity index (χ3v) is 4.76. The molecule has 1 atom stereocenters. The zero-order valence-corrected chi connectivity index (χ0v) is 14.7. The van der Waals surface area contributed by atoms with Crippen molar-refractivity contribution in [2.75, 3.05) is 6.61 Å². The maximum absolute atomic E-state index is 13.1. The van der Waals surface area contributed by atoms with Crippen molar-refractivity contribution in [3.8, 4) is 11.1 Å². The average Bonchev–Trinajstić information content (AvgIpc) is 2.97. The number of rotatable bonds is 7. The molecule has 1 aliphatic carbocycles. The summed E-state index contributed by atoms with van der Waals surface area (Å²) in [5, 5.41) is 2.34. The molecule has 1 amide bonds. The number of hydrogen-bond acceptors (Lipinski definition) is 3. The van der Waals surface area contributed by atoms with Gasteiger partial charge in [-0.25, -0.2) is 4.79 Å². The topological polar surface area (TPSA) is 55.4 Å². The molecule has 0 unspecified atom stereocenters. The lowest BCUT2D eigenvalue weighted by Crippen LogP contribution is -2.40. The maximum Gasteiger partial charge on any atom is 0.407 e. The van der Waals surface area contributed by atoms with E-state index in [1.807, 2.05) is 43.3 Å². The van der Waals surface area contributed by atoms with E-state index in [0.717, 1.165) is 28.7 Å². The van der Waals surface area contributed by atoms with Crippen LogP contribution in [0.4, 0.5) is 9.18 Å². The molecule has 4 nitrogen and oxygen atoms in total. The van der Waals surface area contributed by atoms with Crippen LogP contribution >= 0.6 is 0 Å². The van der Waals surface area contributed by atoms with Crippen molar-refractivity contribution in [2.24, 2.45) is 0 Å². The quantitative estimate of drug-likeness (QED) is 0.740. The summed E-state index contributed by atoms with van der Waals surface area (Å²) in [6.45, 7) is 2.08. The van der Waals surface area contributed by atoms with Crippen LogP contribution in [0.25, 0.3) is 11.1 Å². The fraction of sp³-hybridized carbons (Fsp3) is 0.333. The van der Waals surface area contributed by atoms with E-state index >= 15 is 0 Å². The summed E-state index contributed by atoms with van der Waals surface area (Å²) < 4.78 is 18.4. The number of carbonyl (C=O) groups excluding carboxylic acids is 2. The molecule has 0 radical (unpaired) electrons. The fourth-order valence-corrected chi connectivity index (χ4v) is 3.43. The van der Waals surface area contributed by atoms with Gasteiger partial charge in [0.2, 0.25) is 0 Å². The van der Waals surface area contributed by atoms with Gasteiger partial charge < -0.3 is 10.1 Å². The Morgan fingerprint density at radius 3 is 2.19 bits per heavy atom. The van der Waals surface area contributed by atoms with Crippen LogP contribution in [0.2, 0.25) is 0 Å². The molecule has 0 bridgehead atoms. The molecule has 1 aliphatic rings. The Morgan fingerprint density at radius 1 is 1.08 bits per heavy atom. The van der Waals surface area contributed by atoms with Gasteiger partial charge in [-0.05, 0) is 28.7 Å². The first-order valence-corrected chi connectivity index (χ1v) is 8.92. The SMILES string of the molecule is CCCC[C@H](NC(=O)OCC1c2ccccc2-c2ccccc21)C(=O)F. The number of alkyl carbamates (subject to hydrolysis) is 1. The van der Waals surface area contributed by atoms with Crippen molar-refractivity contribution in [1.82, 2.24) is 5.32 Å². The molecule has 0 spiro atoms. The van der Waals surface area contributed by atoms with Crippen molar-refractivity contribution in [2.45, 2.75) is 38.1 Å². The van der Waals surface area contributed by atoms with Crippen LogP contribution in [0, 0.1) is 0 Å². The maximum atomic E-state index is 13.1. The Balaban J connectivity index is 1.68. The van der Waals surface area contributed by atoms with Gasteiger partial charge in [-0.2, -0.15) is 4.39 Å². The Morgan fingerprint density at radius 2 is 1.65 bits per heavy atom. The Hall–Kier alpha value is -2.69. The smallest absolute Gasteiger partial charge is 0.407 e. The monoisotopic (exact) mass is 355 g/mol. The van der Waals surface area contributed by atoms with Crippen molar-refractivity contribution in [1.29, 1.82) is 0 Å². The second-order valence-corrected chi connectivity index (χ2v) is 6.47. The van der Waals surface area contributed by atoms with Crippen LogP contribution in [-0.2, 0) is 9.53 Å². The molecule has 2 aromatic rings. The molecular formula is C21H22FNO3. The number of hydrogen-bond donors (Lipinski definition) is 1. The molecular weight excluding hydrogens is 333 g/mol. The molecule has 0 heterocycles. The summed E-state index contributed by atoms with van der Waals surface area (Å²) in [7, 11) is 0. The number of benzene rings is 2. The van der Waals surface area contributed by atoms with Gasteiger partial charge >= 0.3 is 12.1 Å². The number of carbonyl (C=O) groups is 2. The van der Waals surface area contributed by atoms with E-state index in [2.05, 4.69) is 17.4 Å². The minimum Gasteiger partial charge on any atom is -0.449 e. The number of halogens is 1.